The molecule has 1 aliphatic carbocycles. The van der Waals surface area contributed by atoms with Crippen molar-refractivity contribution in [3.05, 3.63) is 34.9 Å². The summed E-state index contributed by atoms with van der Waals surface area (Å²) in [5.74, 6) is 0.0748. The molecule has 0 aromatic heterocycles. The van der Waals surface area contributed by atoms with Gasteiger partial charge in [0.1, 0.15) is 0 Å². The second-order valence-corrected chi connectivity index (χ2v) is 8.24. The highest BCUT2D eigenvalue weighted by atomic mass is 35.5. The topological polar surface area (TPSA) is 60.9 Å². The molecule has 1 saturated carbocycles. The minimum Gasteiger partial charge on any atom is -0.396 e. The molecule has 5 nitrogen and oxygen atoms in total. The number of piperidine rings is 1. The molecule has 0 unspecified atom stereocenters. The molecular weight excluding hydrogens is 352 g/mol. The fourth-order valence-corrected chi connectivity index (χ4v) is 3.81. The number of amides is 2. The molecule has 0 spiro atoms. The molecule has 1 N–H and O–H groups in total. The van der Waals surface area contributed by atoms with Crippen molar-refractivity contribution in [2.24, 2.45) is 11.3 Å². The molecule has 1 aliphatic heterocycles. The third-order valence-corrected chi connectivity index (χ3v) is 5.93. The third-order valence-electron chi connectivity index (χ3n) is 5.67. The highest BCUT2D eigenvalue weighted by molar-refractivity contribution is 6.30. The summed E-state index contributed by atoms with van der Waals surface area (Å²) in [7, 11) is 1.81. The standard InChI is InChI=1S/C20H27ClN2O3/c1-22(13-20(14-24)9-10-20)19(26)16-4-7-18(25)23(12-16)11-8-15-2-5-17(21)6-3-15/h2-3,5-6,16,24H,4,7-14H2,1H3/t16-/m0/s1. The molecule has 1 heterocycles. The van der Waals surface area contributed by atoms with Crippen LogP contribution < -0.4 is 0 Å². The highest BCUT2D eigenvalue weighted by Crippen LogP contribution is 2.45. The Bertz CT molecular complexity index is 658. The molecule has 6 heteroatoms. The Hall–Kier alpha value is -1.59. The molecule has 2 aliphatic rings. The number of nitrogens with zero attached hydrogens (tertiary/aromatic N) is 2. The number of hydrogen-bond donors (Lipinski definition) is 1. The number of likely N-dealkylation sites (tertiary alicyclic amines) is 1. The molecule has 1 aromatic rings. The largest absolute Gasteiger partial charge is 0.396 e. The van der Waals surface area contributed by atoms with Gasteiger partial charge in [-0.15, -0.1) is 0 Å². The lowest BCUT2D eigenvalue weighted by atomic mass is 9.95. The molecular formula is C20H27ClN2O3. The van der Waals surface area contributed by atoms with Crippen molar-refractivity contribution < 1.29 is 14.7 Å². The van der Waals surface area contributed by atoms with Crippen molar-refractivity contribution in [2.75, 3.05) is 33.3 Å². The Balaban J connectivity index is 1.54. The zero-order chi connectivity index (χ0) is 18.7. The number of hydrogen-bond acceptors (Lipinski definition) is 3. The van der Waals surface area contributed by atoms with Crippen LogP contribution in [0.25, 0.3) is 0 Å². The Morgan fingerprint density at radius 3 is 2.65 bits per heavy atom. The Labute approximate surface area is 159 Å². The first-order valence-electron chi connectivity index (χ1n) is 9.30. The lowest BCUT2D eigenvalue weighted by molar-refractivity contribution is -0.142. The molecule has 1 aromatic carbocycles. The van der Waals surface area contributed by atoms with Crippen LogP contribution in [-0.2, 0) is 16.0 Å². The van der Waals surface area contributed by atoms with E-state index in [-0.39, 0.29) is 29.8 Å². The molecule has 2 amide bonds. The second kappa shape index (κ2) is 7.97. The first kappa shape index (κ1) is 19.2. The van der Waals surface area contributed by atoms with Crippen LogP contribution in [-0.4, -0.2) is 60.0 Å². The number of rotatable bonds is 7. The van der Waals surface area contributed by atoms with Gasteiger partial charge >= 0.3 is 0 Å². The molecule has 2 fully saturated rings. The Morgan fingerprint density at radius 1 is 1.35 bits per heavy atom. The maximum Gasteiger partial charge on any atom is 0.227 e. The van der Waals surface area contributed by atoms with E-state index in [2.05, 4.69) is 0 Å². The quantitative estimate of drug-likeness (QED) is 0.792. The summed E-state index contributed by atoms with van der Waals surface area (Å²) in [6.07, 6.45) is 3.77. The second-order valence-electron chi connectivity index (χ2n) is 7.80. The van der Waals surface area contributed by atoms with Crippen LogP contribution in [0.1, 0.15) is 31.2 Å². The third kappa shape index (κ3) is 4.57. The summed E-state index contributed by atoms with van der Waals surface area (Å²) in [4.78, 5) is 28.6. The first-order chi connectivity index (χ1) is 12.4. The van der Waals surface area contributed by atoms with Crippen molar-refractivity contribution >= 4 is 23.4 Å². The van der Waals surface area contributed by atoms with E-state index in [1.54, 1.807) is 4.90 Å². The van der Waals surface area contributed by atoms with E-state index in [4.69, 9.17) is 11.6 Å². The van der Waals surface area contributed by atoms with Crippen molar-refractivity contribution in [1.82, 2.24) is 9.80 Å². The van der Waals surface area contributed by atoms with Gasteiger partial charge in [-0.2, -0.15) is 0 Å². The van der Waals surface area contributed by atoms with Gasteiger partial charge in [0.05, 0.1) is 12.5 Å². The Kier molecular flexibility index (Phi) is 5.88. The lowest BCUT2D eigenvalue weighted by Gasteiger charge is -2.34. The smallest absolute Gasteiger partial charge is 0.227 e. The van der Waals surface area contributed by atoms with Crippen LogP contribution in [0, 0.1) is 11.3 Å². The molecule has 0 radical (unpaired) electrons. The van der Waals surface area contributed by atoms with Gasteiger partial charge in [-0.3, -0.25) is 9.59 Å². The predicted octanol–water partition coefficient (Wildman–Crippen LogP) is 2.35. The number of aliphatic hydroxyl groups is 1. The molecule has 142 valence electrons. The van der Waals surface area contributed by atoms with E-state index in [9.17, 15) is 14.7 Å². The Morgan fingerprint density at radius 2 is 2.04 bits per heavy atom. The number of carbonyl (C=O) groups is 2. The molecule has 3 rings (SSSR count). The van der Waals surface area contributed by atoms with Gasteiger partial charge in [-0.05, 0) is 43.4 Å². The number of benzene rings is 1. The van der Waals surface area contributed by atoms with Crippen LogP contribution >= 0.6 is 11.6 Å². The zero-order valence-electron chi connectivity index (χ0n) is 15.3. The van der Waals surface area contributed by atoms with E-state index >= 15 is 0 Å². The van der Waals surface area contributed by atoms with Crippen molar-refractivity contribution in [2.45, 2.75) is 32.1 Å². The van der Waals surface area contributed by atoms with Gasteiger partial charge in [0, 0.05) is 43.5 Å². The monoisotopic (exact) mass is 378 g/mol. The summed E-state index contributed by atoms with van der Waals surface area (Å²) in [6, 6.07) is 7.64. The fourth-order valence-electron chi connectivity index (χ4n) is 3.68. The predicted molar refractivity (Wildman–Crippen MR) is 101 cm³/mol. The van der Waals surface area contributed by atoms with Gasteiger partial charge in [-0.25, -0.2) is 0 Å². The van der Waals surface area contributed by atoms with E-state index in [1.165, 1.54) is 0 Å². The van der Waals surface area contributed by atoms with Gasteiger partial charge in [0.15, 0.2) is 0 Å². The van der Waals surface area contributed by atoms with Crippen molar-refractivity contribution in [3.63, 3.8) is 0 Å². The summed E-state index contributed by atoms with van der Waals surface area (Å²) in [5, 5.41) is 10.2. The van der Waals surface area contributed by atoms with Crippen LogP contribution in [0.3, 0.4) is 0 Å². The minimum absolute atomic E-state index is 0.0802. The van der Waals surface area contributed by atoms with Crippen LogP contribution in [0.5, 0.6) is 0 Å². The average Bonchev–Trinajstić information content (AvgIpc) is 3.41. The molecule has 26 heavy (non-hydrogen) atoms. The zero-order valence-corrected chi connectivity index (χ0v) is 16.0. The highest BCUT2D eigenvalue weighted by Gasteiger charge is 2.44. The summed E-state index contributed by atoms with van der Waals surface area (Å²) in [6.45, 7) is 1.86. The van der Waals surface area contributed by atoms with E-state index < -0.39 is 0 Å². The van der Waals surface area contributed by atoms with Gasteiger partial charge in [-0.1, -0.05) is 23.7 Å². The van der Waals surface area contributed by atoms with E-state index in [0.717, 1.165) is 24.8 Å². The average molecular weight is 379 g/mol. The van der Waals surface area contributed by atoms with Crippen molar-refractivity contribution in [1.29, 1.82) is 0 Å². The maximum atomic E-state index is 12.8. The van der Waals surface area contributed by atoms with Crippen LogP contribution in [0.15, 0.2) is 24.3 Å². The minimum atomic E-state index is -0.141. The van der Waals surface area contributed by atoms with Crippen molar-refractivity contribution in [3.8, 4) is 0 Å². The molecule has 0 bridgehead atoms. The maximum absolute atomic E-state index is 12.8. The van der Waals surface area contributed by atoms with Gasteiger partial charge in [0.25, 0.3) is 0 Å². The summed E-state index contributed by atoms with van der Waals surface area (Å²) in [5.41, 5.74) is 1.05. The molecule has 1 saturated heterocycles. The van der Waals surface area contributed by atoms with E-state index in [0.29, 0.717) is 37.5 Å². The number of halogens is 1. The lowest BCUT2D eigenvalue weighted by Crippen LogP contribution is -2.47. The molecule has 1 atom stereocenters. The fraction of sp³-hybridized carbons (Fsp3) is 0.600. The van der Waals surface area contributed by atoms with Crippen LogP contribution in [0.4, 0.5) is 0 Å². The summed E-state index contributed by atoms with van der Waals surface area (Å²) >= 11 is 5.91. The SMILES string of the molecule is CN(CC1(CO)CC1)C(=O)[C@H]1CCC(=O)N(CCc2ccc(Cl)cc2)C1. The summed E-state index contributed by atoms with van der Waals surface area (Å²) < 4.78 is 0. The van der Waals surface area contributed by atoms with Crippen LogP contribution in [0.2, 0.25) is 5.02 Å². The van der Waals surface area contributed by atoms with Gasteiger partial charge < -0.3 is 14.9 Å². The number of carbonyl (C=O) groups excluding carboxylic acids is 2. The normalized spacial score (nSPS) is 21.6. The van der Waals surface area contributed by atoms with Gasteiger partial charge in [0.2, 0.25) is 11.8 Å². The first-order valence-corrected chi connectivity index (χ1v) is 9.68. The van der Waals surface area contributed by atoms with E-state index in [1.807, 2.05) is 36.2 Å². The number of aliphatic hydroxyl groups excluding tert-OH is 1.